The maximum Gasteiger partial charge on any atom is 0.355 e. The zero-order valence-corrected chi connectivity index (χ0v) is 9.68. The Bertz CT molecular complexity index is 605. The lowest BCUT2D eigenvalue weighted by atomic mass is 10.3. The second kappa shape index (κ2) is 4.30. The molecule has 2 aromatic rings. The first-order valence-electron chi connectivity index (χ1n) is 5.34. The summed E-state index contributed by atoms with van der Waals surface area (Å²) in [6.07, 6.45) is 1.56. The van der Waals surface area contributed by atoms with Gasteiger partial charge in [0.05, 0.1) is 17.2 Å². The van der Waals surface area contributed by atoms with Gasteiger partial charge in [-0.1, -0.05) is 6.07 Å². The molecule has 0 aliphatic carbocycles. The highest BCUT2D eigenvalue weighted by Gasteiger charge is 2.16. The Hall–Kier alpha value is -2.28. The second-order valence-corrected chi connectivity index (χ2v) is 3.97. The molecule has 0 aliphatic heterocycles. The second-order valence-electron chi connectivity index (χ2n) is 3.97. The molecule has 4 heteroatoms. The molecule has 2 heterocycles. The molecule has 0 spiro atoms. The number of hydrogen-bond donors (Lipinski definition) is 0. The topological polar surface area (TPSA) is 54.5 Å². The molecular weight excluding hydrogens is 216 g/mol. The van der Waals surface area contributed by atoms with E-state index in [1.54, 1.807) is 42.6 Å². The summed E-state index contributed by atoms with van der Waals surface area (Å²) in [7, 11) is 0. The average Bonchev–Trinajstić information content (AvgIpc) is 2.67. The summed E-state index contributed by atoms with van der Waals surface area (Å²) < 4.78 is 6.80. The highest BCUT2D eigenvalue weighted by Crippen LogP contribution is 2.17. The van der Waals surface area contributed by atoms with Gasteiger partial charge in [-0.3, -0.25) is 0 Å². The molecule has 2 rings (SSSR count). The number of fused-ring (bicyclic) bond motifs is 1. The standard InChI is InChI=1S/C13H12N2O2/c1-9(2)17-13(16)12-7-10(8-14)11-5-3-4-6-15(11)12/h3-7,9H,1-2H3. The van der Waals surface area contributed by atoms with Crippen molar-refractivity contribution in [1.29, 1.82) is 5.26 Å². The number of nitrogens with zero attached hydrogens (tertiary/aromatic N) is 2. The van der Waals surface area contributed by atoms with Gasteiger partial charge in [-0.2, -0.15) is 5.26 Å². The Morgan fingerprint density at radius 1 is 1.47 bits per heavy atom. The zero-order valence-electron chi connectivity index (χ0n) is 9.68. The first-order valence-corrected chi connectivity index (χ1v) is 5.34. The number of nitriles is 1. The lowest BCUT2D eigenvalue weighted by Crippen LogP contribution is -2.13. The van der Waals surface area contributed by atoms with Crippen LogP contribution in [0.5, 0.6) is 0 Å². The van der Waals surface area contributed by atoms with E-state index in [1.165, 1.54) is 0 Å². The van der Waals surface area contributed by atoms with E-state index in [-0.39, 0.29) is 6.10 Å². The molecule has 0 saturated carbocycles. The number of esters is 1. The highest BCUT2D eigenvalue weighted by atomic mass is 16.5. The molecule has 0 amide bonds. The van der Waals surface area contributed by atoms with Crippen LogP contribution in [0.1, 0.15) is 29.9 Å². The van der Waals surface area contributed by atoms with Gasteiger partial charge in [0.1, 0.15) is 11.8 Å². The largest absolute Gasteiger partial charge is 0.458 e. The van der Waals surface area contributed by atoms with Crippen molar-refractivity contribution in [3.8, 4) is 6.07 Å². The molecule has 0 fully saturated rings. The van der Waals surface area contributed by atoms with E-state index in [4.69, 9.17) is 10.00 Å². The Morgan fingerprint density at radius 2 is 2.24 bits per heavy atom. The van der Waals surface area contributed by atoms with Crippen molar-refractivity contribution in [1.82, 2.24) is 4.40 Å². The first kappa shape index (κ1) is 11.2. The molecule has 4 nitrogen and oxygen atoms in total. The van der Waals surface area contributed by atoms with Gasteiger partial charge >= 0.3 is 5.97 Å². The lowest BCUT2D eigenvalue weighted by molar-refractivity contribution is 0.0370. The molecule has 0 aliphatic rings. The Kier molecular flexibility index (Phi) is 2.84. The quantitative estimate of drug-likeness (QED) is 0.741. The molecule has 0 bridgehead atoms. The summed E-state index contributed by atoms with van der Waals surface area (Å²) >= 11 is 0. The van der Waals surface area contributed by atoms with Gasteiger partial charge < -0.3 is 9.14 Å². The Morgan fingerprint density at radius 3 is 2.88 bits per heavy atom. The minimum Gasteiger partial charge on any atom is -0.458 e. The highest BCUT2D eigenvalue weighted by molar-refractivity contribution is 5.91. The molecule has 0 unspecified atom stereocenters. The SMILES string of the molecule is CC(C)OC(=O)c1cc(C#N)c2ccccn12. The van der Waals surface area contributed by atoms with Crippen LogP contribution in [0, 0.1) is 11.3 Å². The third-order valence-electron chi connectivity index (χ3n) is 2.35. The van der Waals surface area contributed by atoms with E-state index in [9.17, 15) is 4.79 Å². The monoisotopic (exact) mass is 228 g/mol. The normalized spacial score (nSPS) is 10.5. The summed E-state index contributed by atoms with van der Waals surface area (Å²) in [6.45, 7) is 3.58. The van der Waals surface area contributed by atoms with Crippen LogP contribution >= 0.6 is 0 Å². The lowest BCUT2D eigenvalue weighted by Gasteiger charge is -2.07. The van der Waals surface area contributed by atoms with E-state index in [0.717, 1.165) is 0 Å². The number of hydrogen-bond acceptors (Lipinski definition) is 3. The van der Waals surface area contributed by atoms with Gasteiger partial charge in [0.25, 0.3) is 0 Å². The van der Waals surface area contributed by atoms with E-state index in [0.29, 0.717) is 16.8 Å². The van der Waals surface area contributed by atoms with Gasteiger partial charge in [-0.05, 0) is 32.0 Å². The van der Waals surface area contributed by atoms with E-state index in [2.05, 4.69) is 6.07 Å². The molecule has 0 atom stereocenters. The summed E-state index contributed by atoms with van der Waals surface area (Å²) in [4.78, 5) is 11.8. The fraction of sp³-hybridized carbons (Fsp3) is 0.231. The van der Waals surface area contributed by atoms with Gasteiger partial charge in [-0.15, -0.1) is 0 Å². The van der Waals surface area contributed by atoms with Crippen molar-refractivity contribution < 1.29 is 9.53 Å². The van der Waals surface area contributed by atoms with E-state index in [1.807, 2.05) is 6.07 Å². The summed E-state index contributed by atoms with van der Waals surface area (Å²) in [5.41, 5.74) is 1.57. The number of aromatic nitrogens is 1. The third kappa shape index (κ3) is 2.00. The smallest absolute Gasteiger partial charge is 0.355 e. The van der Waals surface area contributed by atoms with Crippen LogP contribution < -0.4 is 0 Å². The van der Waals surface area contributed by atoms with Crippen LogP contribution in [-0.4, -0.2) is 16.5 Å². The summed E-state index contributed by atoms with van der Waals surface area (Å²) in [5.74, 6) is -0.414. The molecule has 0 aromatic carbocycles. The van der Waals surface area contributed by atoms with Crippen molar-refractivity contribution in [2.75, 3.05) is 0 Å². The molecule has 0 saturated heterocycles. The predicted molar refractivity (Wildman–Crippen MR) is 62.7 cm³/mol. The number of ether oxygens (including phenoxy) is 1. The maximum absolute atomic E-state index is 11.8. The summed E-state index contributed by atoms with van der Waals surface area (Å²) in [5, 5.41) is 9.00. The van der Waals surface area contributed by atoms with Gasteiger partial charge in [-0.25, -0.2) is 4.79 Å². The number of pyridine rings is 1. The number of rotatable bonds is 2. The number of carbonyl (C=O) groups is 1. The number of carbonyl (C=O) groups excluding carboxylic acids is 1. The van der Waals surface area contributed by atoms with Crippen LogP contribution in [0.4, 0.5) is 0 Å². The van der Waals surface area contributed by atoms with Crippen LogP contribution in [-0.2, 0) is 4.74 Å². The molecular formula is C13H12N2O2. The van der Waals surface area contributed by atoms with Crippen molar-refractivity contribution in [3.05, 3.63) is 41.7 Å². The fourth-order valence-electron chi connectivity index (χ4n) is 1.67. The maximum atomic E-state index is 11.8. The van der Waals surface area contributed by atoms with Crippen molar-refractivity contribution in [2.24, 2.45) is 0 Å². The van der Waals surface area contributed by atoms with Crippen LogP contribution in [0.25, 0.3) is 5.52 Å². The molecule has 17 heavy (non-hydrogen) atoms. The van der Waals surface area contributed by atoms with Gasteiger partial charge in [0, 0.05) is 6.20 Å². The minimum absolute atomic E-state index is 0.178. The van der Waals surface area contributed by atoms with Gasteiger partial charge in [0.15, 0.2) is 0 Å². The zero-order chi connectivity index (χ0) is 12.4. The predicted octanol–water partition coefficient (Wildman–Crippen LogP) is 2.38. The third-order valence-corrected chi connectivity index (χ3v) is 2.35. The van der Waals surface area contributed by atoms with Crippen molar-refractivity contribution in [2.45, 2.75) is 20.0 Å². The Labute approximate surface area is 99.0 Å². The minimum atomic E-state index is -0.414. The molecule has 0 N–H and O–H groups in total. The molecule has 86 valence electrons. The van der Waals surface area contributed by atoms with Crippen molar-refractivity contribution in [3.63, 3.8) is 0 Å². The van der Waals surface area contributed by atoms with E-state index < -0.39 is 5.97 Å². The van der Waals surface area contributed by atoms with Crippen LogP contribution in [0.2, 0.25) is 0 Å². The van der Waals surface area contributed by atoms with Crippen LogP contribution in [0.3, 0.4) is 0 Å². The fourth-order valence-corrected chi connectivity index (χ4v) is 1.67. The molecule has 2 aromatic heterocycles. The van der Waals surface area contributed by atoms with E-state index >= 15 is 0 Å². The molecule has 0 radical (unpaired) electrons. The first-order chi connectivity index (χ1) is 8.13. The Balaban J connectivity index is 2.55. The average molecular weight is 228 g/mol. The van der Waals surface area contributed by atoms with Crippen molar-refractivity contribution >= 4 is 11.5 Å². The van der Waals surface area contributed by atoms with Gasteiger partial charge in [0.2, 0.25) is 0 Å². The summed E-state index contributed by atoms with van der Waals surface area (Å²) in [6, 6.07) is 9.05. The van der Waals surface area contributed by atoms with Crippen LogP contribution in [0.15, 0.2) is 30.5 Å².